The maximum atomic E-state index is 14.3. The second kappa shape index (κ2) is 7.72. The molecule has 0 bridgehead atoms. The third kappa shape index (κ3) is 3.62. The number of fused-ring (bicyclic) bond motifs is 2. The van der Waals surface area contributed by atoms with E-state index in [2.05, 4.69) is 16.4 Å². The molecule has 190 valence electrons. The van der Waals surface area contributed by atoms with E-state index in [1.54, 1.807) is 49.9 Å². The zero-order valence-corrected chi connectivity index (χ0v) is 20.1. The molecular weight excluding hydrogens is 475 g/mol. The van der Waals surface area contributed by atoms with Gasteiger partial charge < -0.3 is 19.9 Å². The fourth-order valence-electron chi connectivity index (χ4n) is 5.49. The number of nitrogens with zero attached hydrogens (tertiary/aromatic N) is 4. The Hall–Kier alpha value is -3.55. The van der Waals surface area contributed by atoms with Gasteiger partial charge in [0, 0.05) is 43.4 Å². The van der Waals surface area contributed by atoms with Crippen molar-refractivity contribution in [2.45, 2.75) is 45.0 Å². The second-order valence-electron chi connectivity index (χ2n) is 10.9. The summed E-state index contributed by atoms with van der Waals surface area (Å²) in [6.45, 7) is 5.14. The topological polar surface area (TPSA) is 98.6 Å². The fourth-order valence-corrected chi connectivity index (χ4v) is 5.49. The first-order valence-electron chi connectivity index (χ1n) is 11.7. The van der Waals surface area contributed by atoms with E-state index < -0.39 is 40.6 Å². The third-order valence-electron chi connectivity index (χ3n) is 7.37. The summed E-state index contributed by atoms with van der Waals surface area (Å²) in [6, 6.07) is 8.17. The average Bonchev–Trinajstić information content (AvgIpc) is 3.31. The number of rotatable bonds is 3. The number of alkyl halides is 3. The van der Waals surface area contributed by atoms with Gasteiger partial charge in [0.1, 0.15) is 17.1 Å². The molecule has 2 unspecified atom stereocenters. The number of ether oxygens (including phenoxy) is 1. The van der Waals surface area contributed by atoms with Crippen LogP contribution in [0.2, 0.25) is 0 Å². The van der Waals surface area contributed by atoms with Gasteiger partial charge >= 0.3 is 12.3 Å². The summed E-state index contributed by atoms with van der Waals surface area (Å²) >= 11 is 0. The fraction of sp³-hybridized carbons (Fsp3) is 0.520. The predicted molar refractivity (Wildman–Crippen MR) is 124 cm³/mol. The van der Waals surface area contributed by atoms with Crippen LogP contribution in [0.4, 0.5) is 23.7 Å². The van der Waals surface area contributed by atoms with Crippen molar-refractivity contribution in [1.82, 2.24) is 15.2 Å². The van der Waals surface area contributed by atoms with Gasteiger partial charge in [0.25, 0.3) is 0 Å². The molecule has 1 N–H and O–H groups in total. The minimum absolute atomic E-state index is 0.100. The maximum Gasteiger partial charge on any atom is 0.410 e. The zero-order chi connectivity index (χ0) is 26.1. The number of halogens is 3. The number of hydrogen-bond acceptors (Lipinski definition) is 6. The SMILES string of the molecule is CC(C)(C)OC(=O)N1CC(NC(=O)C23CN(c4ccc(C#N)c5ncccc45)CC2(C(F)(F)F)C3)C1. The Labute approximate surface area is 206 Å². The first kappa shape index (κ1) is 24.2. The molecule has 8 nitrogen and oxygen atoms in total. The summed E-state index contributed by atoms with van der Waals surface area (Å²) in [4.78, 5) is 32.7. The van der Waals surface area contributed by atoms with E-state index in [1.807, 2.05) is 0 Å². The minimum atomic E-state index is -4.57. The lowest BCUT2D eigenvalue weighted by Crippen LogP contribution is -2.62. The molecule has 1 aliphatic carbocycles. The average molecular weight is 502 g/mol. The molecule has 36 heavy (non-hydrogen) atoms. The summed E-state index contributed by atoms with van der Waals surface area (Å²) in [6.07, 6.45) is -3.84. The summed E-state index contributed by atoms with van der Waals surface area (Å²) in [5.74, 6) is -0.646. The molecule has 1 aromatic carbocycles. The van der Waals surface area contributed by atoms with E-state index in [4.69, 9.17) is 4.74 Å². The molecule has 3 fully saturated rings. The van der Waals surface area contributed by atoms with Crippen molar-refractivity contribution in [1.29, 1.82) is 5.26 Å². The lowest BCUT2D eigenvalue weighted by Gasteiger charge is -2.40. The molecular formula is C25H26F3N5O3. The van der Waals surface area contributed by atoms with Crippen LogP contribution < -0.4 is 10.2 Å². The molecule has 1 aromatic heterocycles. The maximum absolute atomic E-state index is 14.3. The van der Waals surface area contributed by atoms with Crippen LogP contribution in [-0.4, -0.2) is 65.9 Å². The summed E-state index contributed by atoms with van der Waals surface area (Å²) in [7, 11) is 0. The molecule has 2 aromatic rings. The highest BCUT2D eigenvalue weighted by atomic mass is 19.4. The van der Waals surface area contributed by atoms with Crippen LogP contribution in [-0.2, 0) is 9.53 Å². The number of likely N-dealkylation sites (tertiary alicyclic amines) is 1. The van der Waals surface area contributed by atoms with Crippen molar-refractivity contribution in [3.8, 4) is 6.07 Å². The molecule has 3 heterocycles. The van der Waals surface area contributed by atoms with E-state index in [0.717, 1.165) is 0 Å². The van der Waals surface area contributed by atoms with Gasteiger partial charge in [-0.25, -0.2) is 4.79 Å². The van der Waals surface area contributed by atoms with Gasteiger partial charge in [0.05, 0.1) is 22.5 Å². The Balaban J connectivity index is 1.35. The molecule has 11 heteroatoms. The van der Waals surface area contributed by atoms with E-state index in [-0.39, 0.29) is 32.6 Å². The van der Waals surface area contributed by atoms with Crippen LogP contribution in [0.25, 0.3) is 10.9 Å². The number of nitriles is 1. The lowest BCUT2D eigenvalue weighted by atomic mass is 9.94. The number of hydrogen-bond donors (Lipinski definition) is 1. The zero-order valence-electron chi connectivity index (χ0n) is 20.1. The predicted octanol–water partition coefficient (Wildman–Crippen LogP) is 3.60. The van der Waals surface area contributed by atoms with Crippen LogP contribution in [0.15, 0.2) is 30.5 Å². The van der Waals surface area contributed by atoms with Gasteiger partial charge in [0.15, 0.2) is 0 Å². The van der Waals surface area contributed by atoms with Crippen LogP contribution >= 0.6 is 0 Å². The molecule has 0 spiro atoms. The highest BCUT2D eigenvalue weighted by Crippen LogP contribution is 2.75. The molecule has 1 saturated carbocycles. The van der Waals surface area contributed by atoms with Crippen LogP contribution in [0.5, 0.6) is 0 Å². The van der Waals surface area contributed by atoms with Gasteiger partial charge in [-0.15, -0.1) is 0 Å². The number of piperidine rings is 1. The van der Waals surface area contributed by atoms with Gasteiger partial charge in [0.2, 0.25) is 5.91 Å². The molecule has 2 aliphatic heterocycles. The van der Waals surface area contributed by atoms with Crippen molar-refractivity contribution in [3.63, 3.8) is 0 Å². The van der Waals surface area contributed by atoms with Crippen molar-refractivity contribution in [2.24, 2.45) is 10.8 Å². The summed E-state index contributed by atoms with van der Waals surface area (Å²) in [5.41, 5.74) is -3.17. The van der Waals surface area contributed by atoms with Gasteiger partial charge in [-0.05, 0) is 51.5 Å². The molecule has 3 aliphatic rings. The highest BCUT2D eigenvalue weighted by Gasteiger charge is 2.86. The van der Waals surface area contributed by atoms with Crippen molar-refractivity contribution >= 4 is 28.6 Å². The van der Waals surface area contributed by atoms with Crippen LogP contribution in [0, 0.1) is 22.2 Å². The number of benzene rings is 1. The first-order valence-corrected chi connectivity index (χ1v) is 11.7. The molecule has 2 saturated heterocycles. The summed E-state index contributed by atoms with van der Waals surface area (Å²) < 4.78 is 48.3. The smallest absolute Gasteiger partial charge is 0.410 e. The van der Waals surface area contributed by atoms with Gasteiger partial charge in [-0.2, -0.15) is 18.4 Å². The number of pyridine rings is 1. The highest BCUT2D eigenvalue weighted by molar-refractivity contribution is 5.97. The molecule has 2 atom stereocenters. The molecule has 2 amide bonds. The Morgan fingerprint density at radius 3 is 2.56 bits per heavy atom. The number of carbonyl (C=O) groups excluding carboxylic acids is 2. The van der Waals surface area contributed by atoms with Crippen molar-refractivity contribution in [2.75, 3.05) is 31.1 Å². The van der Waals surface area contributed by atoms with Crippen LogP contribution in [0.3, 0.4) is 0 Å². The first-order chi connectivity index (χ1) is 16.8. The Bertz CT molecular complexity index is 1290. The van der Waals surface area contributed by atoms with Crippen molar-refractivity contribution < 1.29 is 27.5 Å². The molecule has 5 rings (SSSR count). The van der Waals surface area contributed by atoms with E-state index in [0.29, 0.717) is 22.2 Å². The van der Waals surface area contributed by atoms with Crippen molar-refractivity contribution in [3.05, 3.63) is 36.0 Å². The quantitative estimate of drug-likeness (QED) is 0.690. The number of nitrogens with one attached hydrogen (secondary N) is 1. The van der Waals surface area contributed by atoms with Crippen LogP contribution in [0.1, 0.15) is 32.8 Å². The van der Waals surface area contributed by atoms with E-state index >= 15 is 0 Å². The molecule has 0 radical (unpaired) electrons. The number of aromatic nitrogens is 1. The standard InChI is InChI=1S/C25H26F3N5O3/c1-22(2,3)36-21(35)32-10-16(11-32)31-20(34)23-12-24(23,25(26,27)28)14-33(13-23)18-7-6-15(9-29)19-17(18)5-4-8-30-19/h4-8,16H,10-14H2,1-3H3,(H,31,34). The summed E-state index contributed by atoms with van der Waals surface area (Å²) in [5, 5.41) is 12.7. The normalized spacial score (nSPS) is 25.7. The number of anilines is 1. The van der Waals surface area contributed by atoms with E-state index in [1.165, 1.54) is 11.1 Å². The minimum Gasteiger partial charge on any atom is -0.444 e. The third-order valence-corrected chi connectivity index (χ3v) is 7.37. The number of carbonyl (C=O) groups is 2. The Morgan fingerprint density at radius 2 is 1.92 bits per heavy atom. The van der Waals surface area contributed by atoms with Gasteiger partial charge in [-0.3, -0.25) is 9.78 Å². The lowest BCUT2D eigenvalue weighted by molar-refractivity contribution is -0.191. The van der Waals surface area contributed by atoms with E-state index in [9.17, 15) is 28.0 Å². The monoisotopic (exact) mass is 501 g/mol. The Kier molecular flexibility index (Phi) is 5.18. The Morgan fingerprint density at radius 1 is 1.19 bits per heavy atom. The second-order valence-corrected chi connectivity index (χ2v) is 10.9. The van der Waals surface area contributed by atoms with Gasteiger partial charge in [-0.1, -0.05) is 0 Å². The largest absolute Gasteiger partial charge is 0.444 e. The number of amides is 2.